The molecular weight excluding hydrogens is 528 g/mol. The summed E-state index contributed by atoms with van der Waals surface area (Å²) < 4.78 is 6.39. The fourth-order valence-electron chi connectivity index (χ4n) is 6.58. The first-order chi connectivity index (χ1) is 20.4. The van der Waals surface area contributed by atoms with E-state index < -0.39 is 0 Å². The molecule has 42 heavy (non-hydrogen) atoms. The first-order valence-corrected chi connectivity index (χ1v) is 15.5. The number of anilines is 2. The van der Waals surface area contributed by atoms with Crippen molar-refractivity contribution in [3.63, 3.8) is 0 Å². The number of aromatic nitrogens is 4. The van der Waals surface area contributed by atoms with Gasteiger partial charge in [0.2, 0.25) is 0 Å². The highest BCUT2D eigenvalue weighted by atomic mass is 16.5. The predicted octanol–water partition coefficient (Wildman–Crippen LogP) is 6.51. The van der Waals surface area contributed by atoms with Gasteiger partial charge in [0.1, 0.15) is 6.61 Å². The van der Waals surface area contributed by atoms with Gasteiger partial charge in [-0.25, -0.2) is 0 Å². The van der Waals surface area contributed by atoms with Crippen LogP contribution in [0.1, 0.15) is 99.5 Å². The summed E-state index contributed by atoms with van der Waals surface area (Å²) in [5.41, 5.74) is 3.60. The lowest BCUT2D eigenvalue weighted by molar-refractivity contribution is -0.128. The van der Waals surface area contributed by atoms with Crippen molar-refractivity contribution in [3.05, 3.63) is 65.2 Å². The highest BCUT2D eigenvalue weighted by molar-refractivity contribution is 6.03. The molecule has 2 aliphatic carbocycles. The van der Waals surface area contributed by atoms with Gasteiger partial charge in [-0.2, -0.15) is 5.21 Å². The Bertz CT molecular complexity index is 1290. The van der Waals surface area contributed by atoms with Crippen molar-refractivity contribution in [2.75, 3.05) is 16.8 Å². The standard InChI is InChI=1S/C33H44N6O3/c1-22(2)29-18-9-23(3)19-30(29)42-21-31(40)39(28-16-14-26(15-17-28)25-7-5-4-6-8-25)20-24-10-12-27(13-11-24)32(41)34-33-35-37-38-36-33/h10-17,22-23,25,29-30H,4-9,18-21H2,1-3H3,(H2,34,35,36,37,38,41). The lowest BCUT2D eigenvalue weighted by atomic mass is 9.75. The molecule has 1 heterocycles. The fraction of sp³-hybridized carbons (Fsp3) is 0.545. The zero-order chi connectivity index (χ0) is 29.5. The van der Waals surface area contributed by atoms with E-state index in [0.29, 0.717) is 35.8 Å². The van der Waals surface area contributed by atoms with Crippen LogP contribution in [-0.2, 0) is 16.1 Å². The number of amides is 2. The molecular formula is C33H44N6O3. The summed E-state index contributed by atoms with van der Waals surface area (Å²) in [5.74, 6) is 1.95. The molecule has 3 aromatic rings. The van der Waals surface area contributed by atoms with Gasteiger partial charge in [0.25, 0.3) is 17.8 Å². The van der Waals surface area contributed by atoms with Crippen LogP contribution in [0.15, 0.2) is 48.5 Å². The molecule has 0 aliphatic heterocycles. The summed E-state index contributed by atoms with van der Waals surface area (Å²) >= 11 is 0. The molecule has 2 fully saturated rings. The maximum Gasteiger partial charge on any atom is 0.270 e. The average molecular weight is 573 g/mol. The number of carbonyl (C=O) groups is 2. The number of tetrazole rings is 1. The van der Waals surface area contributed by atoms with Crippen LogP contribution >= 0.6 is 0 Å². The smallest absolute Gasteiger partial charge is 0.270 e. The molecule has 0 saturated heterocycles. The molecule has 3 atom stereocenters. The van der Waals surface area contributed by atoms with Gasteiger partial charge >= 0.3 is 0 Å². The normalized spacial score (nSPS) is 21.3. The zero-order valence-corrected chi connectivity index (χ0v) is 25.1. The zero-order valence-electron chi connectivity index (χ0n) is 25.1. The van der Waals surface area contributed by atoms with Gasteiger partial charge in [0.15, 0.2) is 0 Å². The number of aromatic amines is 1. The second-order valence-corrected chi connectivity index (χ2v) is 12.5. The molecule has 1 aromatic heterocycles. The van der Waals surface area contributed by atoms with Crippen molar-refractivity contribution in [3.8, 4) is 0 Å². The lowest BCUT2D eigenvalue weighted by Gasteiger charge is -2.37. The van der Waals surface area contributed by atoms with Crippen molar-refractivity contribution in [2.24, 2.45) is 17.8 Å². The summed E-state index contributed by atoms with van der Waals surface area (Å²) in [6, 6.07) is 15.8. The summed E-state index contributed by atoms with van der Waals surface area (Å²) in [5, 5.41) is 15.9. The van der Waals surface area contributed by atoms with Gasteiger partial charge in [0, 0.05) is 11.3 Å². The van der Waals surface area contributed by atoms with Gasteiger partial charge in [-0.15, -0.1) is 5.10 Å². The highest BCUT2D eigenvalue weighted by Crippen LogP contribution is 2.36. The predicted molar refractivity (Wildman–Crippen MR) is 163 cm³/mol. The van der Waals surface area contributed by atoms with Crippen molar-refractivity contribution in [1.29, 1.82) is 0 Å². The van der Waals surface area contributed by atoms with Gasteiger partial charge in [-0.3, -0.25) is 14.9 Å². The van der Waals surface area contributed by atoms with E-state index in [1.54, 1.807) is 12.1 Å². The van der Waals surface area contributed by atoms with E-state index in [1.807, 2.05) is 17.0 Å². The first kappa shape index (κ1) is 29.9. The van der Waals surface area contributed by atoms with Crippen LogP contribution in [-0.4, -0.2) is 45.1 Å². The Morgan fingerprint density at radius 2 is 1.74 bits per heavy atom. The van der Waals surface area contributed by atoms with Crippen LogP contribution in [0.2, 0.25) is 0 Å². The maximum absolute atomic E-state index is 13.8. The van der Waals surface area contributed by atoms with Crippen LogP contribution in [0.25, 0.3) is 0 Å². The molecule has 2 aliphatic rings. The van der Waals surface area contributed by atoms with Crippen LogP contribution in [0.5, 0.6) is 0 Å². The molecule has 5 rings (SSSR count). The van der Waals surface area contributed by atoms with Gasteiger partial charge in [-0.1, -0.05) is 75.8 Å². The van der Waals surface area contributed by atoms with E-state index in [1.165, 1.54) is 44.1 Å². The third-order valence-corrected chi connectivity index (χ3v) is 9.09. The minimum absolute atomic E-state index is 0.0518. The maximum atomic E-state index is 13.8. The molecule has 0 spiro atoms. The number of nitrogens with zero attached hydrogens (tertiary/aromatic N) is 4. The number of nitrogens with one attached hydrogen (secondary N) is 2. The number of rotatable bonds is 10. The molecule has 2 aromatic carbocycles. The quantitative estimate of drug-likeness (QED) is 0.286. The van der Waals surface area contributed by atoms with E-state index in [4.69, 9.17) is 4.74 Å². The Hall–Kier alpha value is -3.59. The van der Waals surface area contributed by atoms with Crippen molar-refractivity contribution in [1.82, 2.24) is 20.6 Å². The van der Waals surface area contributed by atoms with Crippen LogP contribution in [0.3, 0.4) is 0 Å². The van der Waals surface area contributed by atoms with Gasteiger partial charge < -0.3 is 9.64 Å². The summed E-state index contributed by atoms with van der Waals surface area (Å²) in [6.07, 6.45) is 9.84. The van der Waals surface area contributed by atoms with E-state index in [0.717, 1.165) is 24.1 Å². The van der Waals surface area contributed by atoms with Crippen molar-refractivity contribution < 1.29 is 14.3 Å². The van der Waals surface area contributed by atoms with E-state index in [9.17, 15) is 9.59 Å². The number of H-pyrrole nitrogens is 1. The minimum Gasteiger partial charge on any atom is -0.368 e. The fourth-order valence-corrected chi connectivity index (χ4v) is 6.58. The highest BCUT2D eigenvalue weighted by Gasteiger charge is 2.32. The molecule has 2 amide bonds. The van der Waals surface area contributed by atoms with Crippen LogP contribution < -0.4 is 10.2 Å². The van der Waals surface area contributed by atoms with Gasteiger partial charge in [0.05, 0.1) is 12.6 Å². The third kappa shape index (κ3) is 7.62. The Morgan fingerprint density at radius 1 is 1.00 bits per heavy atom. The molecule has 2 saturated carbocycles. The van der Waals surface area contributed by atoms with Crippen LogP contribution in [0, 0.1) is 17.8 Å². The third-order valence-electron chi connectivity index (χ3n) is 9.09. The largest absolute Gasteiger partial charge is 0.368 e. The Labute approximate surface area is 248 Å². The Balaban J connectivity index is 1.31. The topological polar surface area (TPSA) is 113 Å². The molecule has 9 heteroatoms. The molecule has 3 unspecified atom stereocenters. The van der Waals surface area contributed by atoms with Crippen molar-refractivity contribution >= 4 is 23.5 Å². The molecule has 0 radical (unpaired) electrons. The number of benzene rings is 2. The van der Waals surface area contributed by atoms with Crippen molar-refractivity contribution in [2.45, 2.75) is 90.7 Å². The first-order valence-electron chi connectivity index (χ1n) is 15.5. The summed E-state index contributed by atoms with van der Waals surface area (Å²) in [7, 11) is 0. The lowest BCUT2D eigenvalue weighted by Crippen LogP contribution is -2.39. The molecule has 9 nitrogen and oxygen atoms in total. The second kappa shape index (κ2) is 14.1. The number of carbonyl (C=O) groups excluding carboxylic acids is 2. The Kier molecular flexibility index (Phi) is 10.00. The van der Waals surface area contributed by atoms with E-state index >= 15 is 0 Å². The van der Waals surface area contributed by atoms with Gasteiger partial charge in [-0.05, 0) is 90.0 Å². The van der Waals surface area contributed by atoms with E-state index in [2.05, 4.69) is 71.0 Å². The number of ether oxygens (including phenoxy) is 1. The minimum atomic E-state index is -0.330. The molecule has 2 N–H and O–H groups in total. The molecule has 224 valence electrons. The van der Waals surface area contributed by atoms with E-state index in [-0.39, 0.29) is 30.5 Å². The Morgan fingerprint density at radius 3 is 2.40 bits per heavy atom. The molecule has 0 bridgehead atoms. The second-order valence-electron chi connectivity index (χ2n) is 12.5. The number of hydrogen-bond acceptors (Lipinski definition) is 6. The monoisotopic (exact) mass is 572 g/mol. The SMILES string of the molecule is CC1CCC(C(C)C)C(OCC(=O)N(Cc2ccc(C(=O)Nc3nn[nH]n3)cc2)c2ccc(C3CCCCC3)cc2)C1. The van der Waals surface area contributed by atoms with Crippen LogP contribution in [0.4, 0.5) is 11.6 Å². The number of hydrogen-bond donors (Lipinski definition) is 2. The summed E-state index contributed by atoms with van der Waals surface area (Å²) in [4.78, 5) is 28.2. The summed E-state index contributed by atoms with van der Waals surface area (Å²) in [6.45, 7) is 7.22. The average Bonchev–Trinajstić information content (AvgIpc) is 3.52.